The molecular weight excluding hydrogens is 280 g/mol. The van der Waals surface area contributed by atoms with E-state index < -0.39 is 11.8 Å². The Balaban J connectivity index is 3.23. The molecule has 1 aromatic rings. The van der Waals surface area contributed by atoms with Crippen LogP contribution in [0.15, 0.2) is 16.6 Å². The molecule has 0 aliphatic rings. The number of ketones is 1. The number of carbonyl (C=O) groups is 2. The van der Waals surface area contributed by atoms with Gasteiger partial charge in [0, 0.05) is 5.56 Å². The lowest BCUT2D eigenvalue weighted by atomic mass is 10.1. The summed E-state index contributed by atoms with van der Waals surface area (Å²) in [6, 6.07) is 2.42. The van der Waals surface area contributed by atoms with Gasteiger partial charge in [-0.2, -0.15) is 0 Å². The zero-order valence-corrected chi connectivity index (χ0v) is 9.94. The standard InChI is InChI=1S/C10H9BrO5/c1-2-16-7-4-5(8(12)10(14)15)3-6(11)9(7)13/h3-4,13H,2H2,1H3,(H,14,15). The highest BCUT2D eigenvalue weighted by Gasteiger charge is 2.18. The second-order valence-electron chi connectivity index (χ2n) is 2.87. The minimum atomic E-state index is -1.56. The van der Waals surface area contributed by atoms with Crippen LogP contribution in [0.1, 0.15) is 17.3 Å². The van der Waals surface area contributed by atoms with Gasteiger partial charge in [-0.05, 0) is 35.0 Å². The average Bonchev–Trinajstić information content (AvgIpc) is 2.23. The largest absolute Gasteiger partial charge is 0.503 e. The van der Waals surface area contributed by atoms with Crippen LogP contribution in [0.3, 0.4) is 0 Å². The van der Waals surface area contributed by atoms with E-state index in [1.807, 2.05) is 0 Å². The molecule has 0 heterocycles. The minimum absolute atomic E-state index is 0.0550. The highest BCUT2D eigenvalue weighted by Crippen LogP contribution is 2.35. The first-order valence-corrected chi connectivity index (χ1v) is 5.19. The van der Waals surface area contributed by atoms with Gasteiger partial charge in [0.05, 0.1) is 11.1 Å². The maximum absolute atomic E-state index is 11.2. The van der Waals surface area contributed by atoms with Crippen LogP contribution in [0.4, 0.5) is 0 Å². The number of hydrogen-bond acceptors (Lipinski definition) is 4. The number of phenols is 1. The lowest BCUT2D eigenvalue weighted by Crippen LogP contribution is -2.12. The summed E-state index contributed by atoms with van der Waals surface area (Å²) in [6.07, 6.45) is 0. The number of hydrogen-bond donors (Lipinski definition) is 2. The molecule has 0 fully saturated rings. The lowest BCUT2D eigenvalue weighted by molar-refractivity contribution is -0.131. The Hall–Kier alpha value is -1.56. The first-order valence-electron chi connectivity index (χ1n) is 4.40. The fraction of sp³-hybridized carbons (Fsp3) is 0.200. The zero-order valence-electron chi connectivity index (χ0n) is 8.36. The third-order valence-corrected chi connectivity index (χ3v) is 2.39. The highest BCUT2D eigenvalue weighted by atomic mass is 79.9. The highest BCUT2D eigenvalue weighted by molar-refractivity contribution is 9.10. The number of Topliss-reactive ketones (excluding diaryl/α,β-unsaturated/α-hetero) is 1. The van der Waals surface area contributed by atoms with Crippen molar-refractivity contribution in [1.82, 2.24) is 0 Å². The molecule has 0 unspecified atom stereocenters. The minimum Gasteiger partial charge on any atom is -0.503 e. The molecule has 0 aliphatic carbocycles. The van der Waals surface area contributed by atoms with E-state index in [4.69, 9.17) is 9.84 Å². The number of ether oxygens (including phenoxy) is 1. The molecule has 86 valence electrons. The van der Waals surface area contributed by atoms with Gasteiger partial charge >= 0.3 is 5.97 Å². The number of aromatic hydroxyl groups is 1. The van der Waals surface area contributed by atoms with Crippen molar-refractivity contribution in [2.24, 2.45) is 0 Å². The van der Waals surface area contributed by atoms with Crippen LogP contribution < -0.4 is 4.74 Å². The molecule has 0 spiro atoms. The number of carboxylic acid groups (broad SMARTS) is 1. The molecule has 0 bridgehead atoms. The molecule has 5 nitrogen and oxygen atoms in total. The zero-order chi connectivity index (χ0) is 12.3. The molecule has 0 atom stereocenters. The van der Waals surface area contributed by atoms with E-state index in [9.17, 15) is 14.7 Å². The molecule has 0 aliphatic heterocycles. The van der Waals surface area contributed by atoms with Crippen LogP contribution in [0.5, 0.6) is 11.5 Å². The summed E-state index contributed by atoms with van der Waals surface area (Å²) in [7, 11) is 0. The van der Waals surface area contributed by atoms with Crippen molar-refractivity contribution in [1.29, 1.82) is 0 Å². The predicted molar refractivity (Wildman–Crippen MR) is 58.9 cm³/mol. The molecule has 1 rings (SSSR count). The van der Waals surface area contributed by atoms with Gasteiger partial charge in [-0.1, -0.05) is 0 Å². The molecule has 0 saturated carbocycles. The number of phenolic OH excluding ortho intramolecular Hbond substituents is 1. The van der Waals surface area contributed by atoms with E-state index >= 15 is 0 Å². The summed E-state index contributed by atoms with van der Waals surface area (Å²) in [6.45, 7) is 2.00. The van der Waals surface area contributed by atoms with E-state index in [2.05, 4.69) is 15.9 Å². The monoisotopic (exact) mass is 288 g/mol. The first-order chi connectivity index (χ1) is 7.47. The molecule has 0 radical (unpaired) electrons. The third kappa shape index (κ3) is 2.52. The second kappa shape index (κ2) is 4.98. The Morgan fingerprint density at radius 1 is 1.44 bits per heavy atom. The molecule has 2 N–H and O–H groups in total. The summed E-state index contributed by atoms with van der Waals surface area (Å²) >= 11 is 3.01. The van der Waals surface area contributed by atoms with Gasteiger partial charge in [-0.15, -0.1) is 0 Å². The van der Waals surface area contributed by atoms with Crippen molar-refractivity contribution in [3.05, 3.63) is 22.2 Å². The average molecular weight is 289 g/mol. The lowest BCUT2D eigenvalue weighted by Gasteiger charge is -2.08. The fourth-order valence-corrected chi connectivity index (χ4v) is 1.54. The quantitative estimate of drug-likeness (QED) is 0.652. The van der Waals surface area contributed by atoms with Crippen molar-refractivity contribution in [3.8, 4) is 11.5 Å². The molecular formula is C10H9BrO5. The van der Waals surface area contributed by atoms with Gasteiger partial charge in [0.15, 0.2) is 11.5 Å². The molecule has 0 aromatic heterocycles. The van der Waals surface area contributed by atoms with Crippen molar-refractivity contribution in [2.75, 3.05) is 6.61 Å². The summed E-state index contributed by atoms with van der Waals surface area (Å²) in [5.41, 5.74) is -0.0550. The summed E-state index contributed by atoms with van der Waals surface area (Å²) in [4.78, 5) is 21.7. The van der Waals surface area contributed by atoms with Crippen LogP contribution in [-0.2, 0) is 4.79 Å². The van der Waals surface area contributed by atoms with Crippen LogP contribution in [0, 0.1) is 0 Å². The Labute approximate surface area is 99.8 Å². The SMILES string of the molecule is CCOc1cc(C(=O)C(=O)O)cc(Br)c1O. The third-order valence-electron chi connectivity index (χ3n) is 1.78. The normalized spacial score (nSPS) is 9.88. The van der Waals surface area contributed by atoms with Crippen molar-refractivity contribution in [3.63, 3.8) is 0 Å². The maximum atomic E-state index is 11.2. The maximum Gasteiger partial charge on any atom is 0.377 e. The van der Waals surface area contributed by atoms with Crippen molar-refractivity contribution in [2.45, 2.75) is 6.92 Å². The topological polar surface area (TPSA) is 83.8 Å². The van der Waals surface area contributed by atoms with Crippen LogP contribution in [0.25, 0.3) is 0 Å². The number of carbonyl (C=O) groups excluding carboxylic acids is 1. The number of benzene rings is 1. The Kier molecular flexibility index (Phi) is 3.89. The Bertz CT molecular complexity index is 441. The van der Waals surface area contributed by atoms with E-state index in [0.29, 0.717) is 6.61 Å². The summed E-state index contributed by atoms with van der Waals surface area (Å²) < 4.78 is 5.27. The van der Waals surface area contributed by atoms with Gasteiger partial charge in [0.25, 0.3) is 5.78 Å². The van der Waals surface area contributed by atoms with E-state index in [-0.39, 0.29) is 21.5 Å². The van der Waals surface area contributed by atoms with Crippen molar-refractivity contribution >= 4 is 27.7 Å². The van der Waals surface area contributed by atoms with Gasteiger partial charge in [0.2, 0.25) is 0 Å². The Morgan fingerprint density at radius 3 is 2.56 bits per heavy atom. The van der Waals surface area contributed by atoms with Gasteiger partial charge in [-0.3, -0.25) is 4.79 Å². The van der Waals surface area contributed by atoms with Gasteiger partial charge in [-0.25, -0.2) is 4.79 Å². The van der Waals surface area contributed by atoms with E-state index in [0.717, 1.165) is 0 Å². The first kappa shape index (κ1) is 12.5. The smallest absolute Gasteiger partial charge is 0.377 e. The number of aliphatic carboxylic acids is 1. The van der Waals surface area contributed by atoms with Crippen LogP contribution in [0.2, 0.25) is 0 Å². The van der Waals surface area contributed by atoms with Crippen molar-refractivity contribution < 1.29 is 24.5 Å². The fourth-order valence-electron chi connectivity index (χ4n) is 1.09. The van der Waals surface area contributed by atoms with E-state index in [1.165, 1.54) is 12.1 Å². The predicted octanol–water partition coefficient (Wildman–Crippen LogP) is 1.82. The van der Waals surface area contributed by atoms with Crippen LogP contribution in [-0.4, -0.2) is 28.6 Å². The van der Waals surface area contributed by atoms with Gasteiger partial charge in [0.1, 0.15) is 0 Å². The van der Waals surface area contributed by atoms with E-state index in [1.54, 1.807) is 6.92 Å². The summed E-state index contributed by atoms with van der Waals surface area (Å²) in [5, 5.41) is 18.1. The second-order valence-corrected chi connectivity index (χ2v) is 3.73. The molecule has 0 amide bonds. The van der Waals surface area contributed by atoms with Crippen LogP contribution >= 0.6 is 15.9 Å². The molecule has 6 heteroatoms. The Morgan fingerprint density at radius 2 is 2.06 bits per heavy atom. The molecule has 1 aromatic carbocycles. The number of rotatable bonds is 4. The number of carboxylic acids is 1. The molecule has 16 heavy (non-hydrogen) atoms. The summed E-state index contributed by atoms with van der Waals surface area (Å²) in [5.74, 6) is -2.70. The number of halogens is 1. The van der Waals surface area contributed by atoms with Gasteiger partial charge < -0.3 is 14.9 Å². The molecule has 0 saturated heterocycles.